The second-order valence-electron chi connectivity index (χ2n) is 9.41. The highest BCUT2D eigenvalue weighted by atomic mass is 16.5. The first-order valence-corrected chi connectivity index (χ1v) is 12.8. The first-order chi connectivity index (χ1) is 19.1. The Bertz CT molecular complexity index is 1580. The molecule has 0 bridgehead atoms. The van der Waals surface area contributed by atoms with E-state index in [1.165, 1.54) is 9.13 Å². The minimum atomic E-state index is -0.848. The summed E-state index contributed by atoms with van der Waals surface area (Å²) in [5, 5.41) is 0. The maximum atomic E-state index is 14.4. The van der Waals surface area contributed by atoms with Crippen LogP contribution >= 0.6 is 0 Å². The average Bonchev–Trinajstić information content (AvgIpc) is 3.41. The van der Waals surface area contributed by atoms with Crippen LogP contribution in [0.2, 0.25) is 0 Å². The van der Waals surface area contributed by atoms with E-state index >= 15 is 0 Å². The van der Waals surface area contributed by atoms with Gasteiger partial charge in [0.1, 0.15) is 34.2 Å². The fourth-order valence-electron chi connectivity index (χ4n) is 5.03. The van der Waals surface area contributed by atoms with Crippen LogP contribution in [0, 0.1) is 13.8 Å². The van der Waals surface area contributed by atoms with Gasteiger partial charge in [-0.1, -0.05) is 35.4 Å². The van der Waals surface area contributed by atoms with Gasteiger partial charge in [-0.15, -0.1) is 0 Å². The zero-order valence-corrected chi connectivity index (χ0v) is 22.5. The molecule has 10 heteroatoms. The first kappa shape index (κ1) is 26.5. The van der Waals surface area contributed by atoms with Gasteiger partial charge in [-0.05, 0) is 52.0 Å². The van der Waals surface area contributed by atoms with Gasteiger partial charge in [-0.25, -0.2) is 9.59 Å². The van der Waals surface area contributed by atoms with Gasteiger partial charge < -0.3 is 20.9 Å². The number of esters is 2. The monoisotopic (exact) mass is 540 g/mol. The van der Waals surface area contributed by atoms with E-state index in [4.69, 9.17) is 20.9 Å². The Hall–Kier alpha value is -5.12. The number of anilines is 2. The number of benzene rings is 2. The molecule has 40 heavy (non-hydrogen) atoms. The highest BCUT2D eigenvalue weighted by Gasteiger charge is 2.46. The highest BCUT2D eigenvalue weighted by molar-refractivity contribution is 6.34. The van der Waals surface area contributed by atoms with Crippen LogP contribution in [0.15, 0.2) is 48.5 Å². The number of ketones is 2. The third-order valence-corrected chi connectivity index (χ3v) is 6.84. The molecule has 4 N–H and O–H groups in total. The Morgan fingerprint density at radius 2 is 0.975 bits per heavy atom. The van der Waals surface area contributed by atoms with E-state index in [0.29, 0.717) is 11.4 Å². The van der Waals surface area contributed by atoms with Crippen molar-refractivity contribution in [3.05, 3.63) is 93.3 Å². The number of hydrogen-bond acceptors (Lipinski definition) is 8. The fourth-order valence-corrected chi connectivity index (χ4v) is 5.03. The molecule has 4 aromatic rings. The molecule has 2 aromatic heterocycles. The van der Waals surface area contributed by atoms with Gasteiger partial charge in [-0.3, -0.25) is 18.7 Å². The predicted molar refractivity (Wildman–Crippen MR) is 149 cm³/mol. The van der Waals surface area contributed by atoms with Gasteiger partial charge in [0.25, 0.3) is 0 Å². The van der Waals surface area contributed by atoms with Crippen molar-refractivity contribution in [2.24, 2.45) is 0 Å². The molecule has 0 aliphatic heterocycles. The number of nitrogen functional groups attached to an aromatic ring is 2. The van der Waals surface area contributed by atoms with Crippen molar-refractivity contribution in [1.82, 2.24) is 9.13 Å². The van der Waals surface area contributed by atoms with Gasteiger partial charge >= 0.3 is 11.9 Å². The van der Waals surface area contributed by atoms with Crippen LogP contribution in [0.1, 0.15) is 77.8 Å². The number of hydrogen-bond donors (Lipinski definition) is 2. The van der Waals surface area contributed by atoms with Crippen molar-refractivity contribution in [2.75, 3.05) is 24.7 Å². The zero-order chi connectivity index (χ0) is 28.9. The van der Waals surface area contributed by atoms with Crippen LogP contribution in [-0.4, -0.2) is 45.9 Å². The molecule has 1 aliphatic rings. The average molecular weight is 541 g/mol. The molecule has 0 amide bonds. The van der Waals surface area contributed by atoms with Crippen molar-refractivity contribution < 1.29 is 28.7 Å². The number of aryl methyl sites for hydroxylation is 2. The normalized spacial score (nSPS) is 12.2. The number of rotatable bonds is 6. The molecule has 0 spiro atoms. The molecule has 0 fully saturated rings. The highest BCUT2D eigenvalue weighted by Crippen LogP contribution is 2.42. The Morgan fingerprint density at radius 1 is 0.650 bits per heavy atom. The van der Waals surface area contributed by atoms with Gasteiger partial charge in [0, 0.05) is 11.4 Å². The Morgan fingerprint density at radius 3 is 1.27 bits per heavy atom. The van der Waals surface area contributed by atoms with Gasteiger partial charge in [-0.2, -0.15) is 0 Å². The Kier molecular flexibility index (Phi) is 6.54. The molecule has 10 nitrogen and oxygen atoms in total. The third-order valence-electron chi connectivity index (χ3n) is 6.84. The molecule has 2 heterocycles. The van der Waals surface area contributed by atoms with Crippen molar-refractivity contribution >= 4 is 35.1 Å². The molecule has 0 saturated heterocycles. The lowest BCUT2D eigenvalue weighted by molar-refractivity contribution is 0.0515. The van der Waals surface area contributed by atoms with E-state index in [1.807, 2.05) is 38.1 Å². The van der Waals surface area contributed by atoms with Crippen LogP contribution in [0.5, 0.6) is 0 Å². The van der Waals surface area contributed by atoms with Crippen LogP contribution in [0.3, 0.4) is 0 Å². The van der Waals surface area contributed by atoms with E-state index in [9.17, 15) is 19.2 Å². The lowest BCUT2D eigenvalue weighted by Crippen LogP contribution is -2.26. The van der Waals surface area contributed by atoms with Gasteiger partial charge in [0.05, 0.1) is 24.3 Å². The summed E-state index contributed by atoms with van der Waals surface area (Å²) in [6.07, 6.45) is 0. The lowest BCUT2D eigenvalue weighted by atomic mass is 9.88. The second kappa shape index (κ2) is 9.88. The summed E-state index contributed by atoms with van der Waals surface area (Å²) in [4.78, 5) is 55.1. The fraction of sp³-hybridized carbons (Fsp3) is 0.200. The lowest BCUT2D eigenvalue weighted by Gasteiger charge is -2.18. The summed E-state index contributed by atoms with van der Waals surface area (Å²) in [6.45, 7) is 7.08. The van der Waals surface area contributed by atoms with Crippen LogP contribution in [0.25, 0.3) is 11.4 Å². The molecule has 204 valence electrons. The summed E-state index contributed by atoms with van der Waals surface area (Å²) in [6, 6.07) is 14.1. The largest absolute Gasteiger partial charge is 0.462 e. The summed E-state index contributed by atoms with van der Waals surface area (Å²) in [5.74, 6) is -3.36. The topological polar surface area (TPSA) is 149 Å². The maximum absolute atomic E-state index is 14.4. The maximum Gasteiger partial charge on any atom is 0.342 e. The molecule has 5 rings (SSSR count). The first-order valence-electron chi connectivity index (χ1n) is 12.8. The van der Waals surface area contributed by atoms with Crippen molar-refractivity contribution in [2.45, 2.75) is 27.7 Å². The number of fused-ring (bicyclic) bond motifs is 2. The third kappa shape index (κ3) is 3.87. The molecule has 0 unspecified atom stereocenters. The summed E-state index contributed by atoms with van der Waals surface area (Å²) in [7, 11) is 0. The SMILES string of the molecule is CCOC(=O)c1c2c(n(-c3ccc(C)cc3)c1N)C(=O)c1c(C(=O)OCC)c(N)n(-c3ccc(C)cc3)c1C2=O. The Labute approximate surface area is 230 Å². The van der Waals surface area contributed by atoms with E-state index in [1.54, 1.807) is 38.1 Å². The minimum Gasteiger partial charge on any atom is -0.462 e. The summed E-state index contributed by atoms with van der Waals surface area (Å²) in [5.41, 5.74) is 14.6. The van der Waals surface area contributed by atoms with Crippen LogP contribution in [-0.2, 0) is 9.47 Å². The zero-order valence-electron chi connectivity index (χ0n) is 22.5. The second-order valence-corrected chi connectivity index (χ2v) is 9.41. The van der Waals surface area contributed by atoms with Crippen molar-refractivity contribution in [3.63, 3.8) is 0 Å². The molecular weight excluding hydrogens is 512 g/mol. The van der Waals surface area contributed by atoms with Crippen LogP contribution in [0.4, 0.5) is 11.6 Å². The molecule has 2 aromatic carbocycles. The number of aromatic nitrogens is 2. The van der Waals surface area contributed by atoms with E-state index in [2.05, 4.69) is 0 Å². The minimum absolute atomic E-state index is 0.0237. The molecule has 1 aliphatic carbocycles. The van der Waals surface area contributed by atoms with E-state index in [0.717, 1.165) is 11.1 Å². The number of nitrogens with two attached hydrogens (primary N) is 2. The Balaban J connectivity index is 1.89. The summed E-state index contributed by atoms with van der Waals surface area (Å²) < 4.78 is 13.2. The van der Waals surface area contributed by atoms with Crippen molar-refractivity contribution in [1.29, 1.82) is 0 Å². The molecule has 0 saturated carbocycles. The van der Waals surface area contributed by atoms with E-state index < -0.39 is 23.5 Å². The smallest absolute Gasteiger partial charge is 0.342 e. The van der Waals surface area contributed by atoms with Gasteiger partial charge in [0.2, 0.25) is 11.6 Å². The van der Waals surface area contributed by atoms with E-state index in [-0.39, 0.29) is 58.5 Å². The van der Waals surface area contributed by atoms with Gasteiger partial charge in [0.15, 0.2) is 0 Å². The molecular formula is C30H28N4O6. The number of carbonyl (C=O) groups is 4. The quantitative estimate of drug-likeness (QED) is 0.305. The molecule has 0 atom stereocenters. The van der Waals surface area contributed by atoms with Crippen LogP contribution < -0.4 is 11.5 Å². The number of carbonyl (C=O) groups excluding carboxylic acids is 4. The number of ether oxygens (including phenoxy) is 2. The molecule has 0 radical (unpaired) electrons. The van der Waals surface area contributed by atoms with Crippen molar-refractivity contribution in [3.8, 4) is 11.4 Å². The number of nitrogens with zero attached hydrogens (tertiary/aromatic N) is 2. The predicted octanol–water partition coefficient (Wildman–Crippen LogP) is 4.18. The standard InChI is InChI=1S/C30H28N4O6/c1-5-39-29(37)21-19-23(33(27(21)31)17-11-7-15(3)8-12-17)26(36)20-22(30(38)40-6-2)28(32)34(24(20)25(19)35)18-13-9-16(4)10-14-18/h7-14H,5-6,31-32H2,1-4H3. The summed E-state index contributed by atoms with van der Waals surface area (Å²) >= 11 is 0.